The number of alkyl halides is 1. The average Bonchev–Trinajstić information content (AvgIpc) is 3.66. The Balaban J connectivity index is 1.33. The van der Waals surface area contributed by atoms with Crippen molar-refractivity contribution in [2.45, 2.75) is 56.5 Å². The number of fused-ring (bicyclic) bond motifs is 1. The molecular weight excluding hydrogens is 541 g/mol. The van der Waals surface area contributed by atoms with E-state index in [1.165, 1.54) is 0 Å². The van der Waals surface area contributed by atoms with Gasteiger partial charge in [0.25, 0.3) is 0 Å². The molecule has 10 heteroatoms. The molecule has 2 amide bonds. The molecule has 1 aromatic heterocycles. The van der Waals surface area contributed by atoms with Gasteiger partial charge >= 0.3 is 5.97 Å². The number of rotatable bonds is 10. The third kappa shape index (κ3) is 6.50. The Hall–Kier alpha value is -3.76. The normalized spacial score (nSPS) is 23.1. The molecule has 3 atom stereocenters. The smallest absolute Gasteiger partial charge is 0.374 e. The highest BCUT2D eigenvalue weighted by Gasteiger charge is 2.44. The van der Waals surface area contributed by atoms with E-state index < -0.39 is 24.7 Å². The number of halogens is 1. The van der Waals surface area contributed by atoms with E-state index in [0.717, 1.165) is 5.56 Å². The molecule has 0 spiro atoms. The minimum Gasteiger partial charge on any atom is -0.460 e. The SMILES string of the molecule is N[C@H](CF)C1CCC(C(=O)N2CC[C@H](c3ccccc3)[C@H]2C(=O)Nc2ccc3oc(C(=O)OCCCO)cc3c2)CC1. The molecule has 2 aliphatic rings. The van der Waals surface area contributed by atoms with Crippen LogP contribution in [0.1, 0.15) is 60.6 Å². The fraction of sp³-hybridized carbons (Fsp3) is 0.469. The lowest BCUT2D eigenvalue weighted by atomic mass is 9.78. The molecule has 2 heterocycles. The molecule has 42 heavy (non-hydrogen) atoms. The Morgan fingerprint density at radius 1 is 1.07 bits per heavy atom. The Bertz CT molecular complexity index is 1390. The first-order chi connectivity index (χ1) is 20.4. The van der Waals surface area contributed by atoms with E-state index in [-0.39, 0.29) is 48.5 Å². The van der Waals surface area contributed by atoms with Gasteiger partial charge in [-0.3, -0.25) is 9.59 Å². The summed E-state index contributed by atoms with van der Waals surface area (Å²) in [6.45, 7) is -0.0820. The first-order valence-corrected chi connectivity index (χ1v) is 14.7. The van der Waals surface area contributed by atoms with Crippen molar-refractivity contribution in [3.05, 3.63) is 65.9 Å². The summed E-state index contributed by atoms with van der Waals surface area (Å²) in [6, 6.07) is 15.2. The second kappa shape index (κ2) is 13.5. The topological polar surface area (TPSA) is 135 Å². The van der Waals surface area contributed by atoms with Crippen LogP contribution in [-0.4, -0.2) is 66.3 Å². The summed E-state index contributed by atoms with van der Waals surface area (Å²) >= 11 is 0. The van der Waals surface area contributed by atoms with E-state index in [1.807, 2.05) is 30.3 Å². The van der Waals surface area contributed by atoms with E-state index >= 15 is 0 Å². The van der Waals surface area contributed by atoms with E-state index in [2.05, 4.69) is 5.32 Å². The molecule has 0 unspecified atom stereocenters. The van der Waals surface area contributed by atoms with E-state index in [9.17, 15) is 18.8 Å². The van der Waals surface area contributed by atoms with Crippen LogP contribution in [0.3, 0.4) is 0 Å². The number of carbonyl (C=O) groups is 3. The van der Waals surface area contributed by atoms with Crippen molar-refractivity contribution in [3.63, 3.8) is 0 Å². The maximum atomic E-state index is 13.9. The van der Waals surface area contributed by atoms with Crippen LogP contribution in [-0.2, 0) is 14.3 Å². The fourth-order valence-electron chi connectivity index (χ4n) is 6.31. The number of ether oxygens (including phenoxy) is 1. The van der Waals surface area contributed by atoms with Crippen molar-refractivity contribution in [3.8, 4) is 0 Å². The predicted molar refractivity (Wildman–Crippen MR) is 156 cm³/mol. The summed E-state index contributed by atoms with van der Waals surface area (Å²) in [7, 11) is 0. The molecule has 1 saturated heterocycles. The Morgan fingerprint density at radius 2 is 1.83 bits per heavy atom. The van der Waals surface area contributed by atoms with Crippen molar-refractivity contribution in [1.29, 1.82) is 0 Å². The maximum Gasteiger partial charge on any atom is 0.374 e. The standard InChI is InChI=1S/C32H38FN3O6/c33-19-26(34)21-7-9-22(10-8-21)31(39)36-14-13-25(20-5-2-1-3-6-20)29(36)30(38)35-24-11-12-27-23(17-24)18-28(42-27)32(40)41-16-4-15-37/h1-3,5-6,11-12,17-18,21-22,25-26,29,37H,4,7-10,13-16,19,34H2,(H,35,38)/t21?,22?,25-,26-,29+/m1/s1. The minimum absolute atomic E-state index is 0.0320. The van der Waals surface area contributed by atoms with Crippen LogP contribution >= 0.6 is 0 Å². The van der Waals surface area contributed by atoms with Crippen LogP contribution < -0.4 is 11.1 Å². The molecule has 5 rings (SSSR count). The number of hydrogen-bond donors (Lipinski definition) is 3. The highest BCUT2D eigenvalue weighted by molar-refractivity contribution is 6.00. The number of nitrogens with zero attached hydrogens (tertiary/aromatic N) is 1. The number of furan rings is 1. The second-order valence-corrected chi connectivity index (χ2v) is 11.3. The third-order valence-corrected chi connectivity index (χ3v) is 8.60. The van der Waals surface area contributed by atoms with Crippen molar-refractivity contribution in [2.75, 3.05) is 31.7 Å². The lowest BCUT2D eigenvalue weighted by molar-refractivity contribution is -0.141. The number of nitrogens with one attached hydrogen (secondary N) is 1. The van der Waals surface area contributed by atoms with Gasteiger partial charge < -0.3 is 30.2 Å². The van der Waals surface area contributed by atoms with Gasteiger partial charge in [0.05, 0.1) is 6.61 Å². The number of anilines is 1. The summed E-state index contributed by atoms with van der Waals surface area (Å²) < 4.78 is 23.8. The zero-order chi connectivity index (χ0) is 29.6. The summed E-state index contributed by atoms with van der Waals surface area (Å²) in [5.74, 6) is -1.21. The largest absolute Gasteiger partial charge is 0.460 e. The van der Waals surface area contributed by atoms with Crippen LogP contribution in [0.25, 0.3) is 11.0 Å². The minimum atomic E-state index is -0.692. The van der Waals surface area contributed by atoms with Crippen molar-refractivity contribution in [1.82, 2.24) is 4.90 Å². The van der Waals surface area contributed by atoms with Gasteiger partial charge in [-0.25, -0.2) is 9.18 Å². The molecule has 3 aromatic rings. The number of aliphatic hydroxyl groups excluding tert-OH is 1. The quantitative estimate of drug-likeness (QED) is 0.239. The summed E-state index contributed by atoms with van der Waals surface area (Å²) in [4.78, 5) is 41.7. The summed E-state index contributed by atoms with van der Waals surface area (Å²) in [6.07, 6.45) is 3.69. The lowest BCUT2D eigenvalue weighted by Crippen LogP contribution is -2.48. The Morgan fingerprint density at radius 3 is 2.55 bits per heavy atom. The van der Waals surface area contributed by atoms with Gasteiger partial charge in [0.2, 0.25) is 17.6 Å². The van der Waals surface area contributed by atoms with Gasteiger partial charge in [0.15, 0.2) is 0 Å². The van der Waals surface area contributed by atoms with Crippen LogP contribution in [0, 0.1) is 11.8 Å². The van der Waals surface area contributed by atoms with Gasteiger partial charge in [-0.05, 0) is 67.9 Å². The van der Waals surface area contributed by atoms with Crippen molar-refractivity contribution < 1.29 is 33.0 Å². The molecule has 1 aliphatic carbocycles. The van der Waals surface area contributed by atoms with Gasteiger partial charge in [-0.15, -0.1) is 0 Å². The number of amides is 2. The highest BCUT2D eigenvalue weighted by Crippen LogP contribution is 2.38. The van der Waals surface area contributed by atoms with Gasteiger partial charge in [0.1, 0.15) is 18.3 Å². The predicted octanol–water partition coefficient (Wildman–Crippen LogP) is 4.40. The fourth-order valence-corrected chi connectivity index (χ4v) is 6.31. The number of benzene rings is 2. The first-order valence-electron chi connectivity index (χ1n) is 14.7. The molecule has 1 saturated carbocycles. The molecule has 2 fully saturated rings. The number of nitrogens with two attached hydrogens (primary N) is 1. The van der Waals surface area contributed by atoms with Crippen LogP contribution in [0.4, 0.5) is 10.1 Å². The number of aliphatic hydroxyl groups is 1. The summed E-state index contributed by atoms with van der Waals surface area (Å²) in [5.41, 5.74) is 7.90. The molecule has 0 bridgehead atoms. The molecule has 4 N–H and O–H groups in total. The van der Waals surface area contributed by atoms with Crippen molar-refractivity contribution >= 4 is 34.4 Å². The number of esters is 1. The van der Waals surface area contributed by atoms with Crippen LogP contribution in [0.5, 0.6) is 0 Å². The van der Waals surface area contributed by atoms with Gasteiger partial charge in [0, 0.05) is 48.5 Å². The van der Waals surface area contributed by atoms with Crippen molar-refractivity contribution in [2.24, 2.45) is 17.6 Å². The molecular formula is C32H38FN3O6. The molecule has 9 nitrogen and oxygen atoms in total. The zero-order valence-corrected chi connectivity index (χ0v) is 23.5. The number of hydrogen-bond acceptors (Lipinski definition) is 7. The zero-order valence-electron chi connectivity index (χ0n) is 23.5. The first kappa shape index (κ1) is 29.7. The molecule has 224 valence electrons. The maximum absolute atomic E-state index is 13.9. The third-order valence-electron chi connectivity index (χ3n) is 8.60. The lowest BCUT2D eigenvalue weighted by Gasteiger charge is -2.35. The highest BCUT2D eigenvalue weighted by atomic mass is 19.1. The second-order valence-electron chi connectivity index (χ2n) is 11.3. The van der Waals surface area contributed by atoms with E-state index in [0.29, 0.717) is 61.7 Å². The van der Waals surface area contributed by atoms with E-state index in [4.69, 9.17) is 20.0 Å². The number of likely N-dealkylation sites (tertiary alicyclic amines) is 1. The summed E-state index contributed by atoms with van der Waals surface area (Å²) in [5, 5.41) is 12.5. The molecule has 0 radical (unpaired) electrons. The Labute approximate surface area is 244 Å². The van der Waals surface area contributed by atoms with E-state index in [1.54, 1.807) is 29.2 Å². The van der Waals surface area contributed by atoms with Gasteiger partial charge in [-0.2, -0.15) is 0 Å². The van der Waals surface area contributed by atoms with Gasteiger partial charge in [-0.1, -0.05) is 30.3 Å². The number of carbonyl (C=O) groups excluding carboxylic acids is 3. The Kier molecular flexibility index (Phi) is 9.54. The molecule has 1 aliphatic heterocycles. The average molecular weight is 580 g/mol. The van der Waals surface area contributed by atoms with Crippen LogP contribution in [0.2, 0.25) is 0 Å². The van der Waals surface area contributed by atoms with Crippen LogP contribution in [0.15, 0.2) is 59.0 Å². The monoisotopic (exact) mass is 579 g/mol. The molecule has 2 aromatic carbocycles.